The quantitative estimate of drug-likeness (QED) is 0.647. The Balaban J connectivity index is 1.75. The first-order chi connectivity index (χ1) is 9.16. The topological polar surface area (TPSA) is 77.2 Å². The van der Waals surface area contributed by atoms with Crippen molar-refractivity contribution in [1.29, 1.82) is 0 Å². The van der Waals surface area contributed by atoms with Crippen molar-refractivity contribution in [2.45, 2.75) is 6.92 Å². The molecule has 0 spiro atoms. The second kappa shape index (κ2) is 6.49. The number of nitrogens with one attached hydrogen (secondary N) is 3. The van der Waals surface area contributed by atoms with Gasteiger partial charge in [0.05, 0.1) is 0 Å². The number of Topliss-reactive ketones (excluding diaryl/α,β-unsaturated/α-hetero) is 1. The van der Waals surface area contributed by atoms with Crippen molar-refractivity contribution in [2.75, 3.05) is 39.3 Å². The molecule has 19 heavy (non-hydrogen) atoms. The van der Waals surface area contributed by atoms with Crippen molar-refractivity contribution < 1.29 is 9.59 Å². The van der Waals surface area contributed by atoms with Gasteiger partial charge in [0.25, 0.3) is 5.91 Å². The molecule has 0 atom stereocenters. The number of rotatable bonds is 5. The number of aromatic amines is 1. The largest absolute Gasteiger partial charge is 0.356 e. The van der Waals surface area contributed by atoms with Gasteiger partial charge in [0, 0.05) is 51.0 Å². The van der Waals surface area contributed by atoms with Crippen LogP contribution in [0.15, 0.2) is 12.3 Å². The molecule has 1 aliphatic heterocycles. The first-order valence-electron chi connectivity index (χ1n) is 6.57. The van der Waals surface area contributed by atoms with Gasteiger partial charge in [-0.3, -0.25) is 14.5 Å². The van der Waals surface area contributed by atoms with Gasteiger partial charge >= 0.3 is 0 Å². The van der Waals surface area contributed by atoms with Crippen molar-refractivity contribution in [3.05, 3.63) is 23.5 Å². The van der Waals surface area contributed by atoms with Crippen LogP contribution in [0.1, 0.15) is 27.8 Å². The molecule has 104 valence electrons. The Labute approximate surface area is 112 Å². The summed E-state index contributed by atoms with van der Waals surface area (Å²) in [5, 5.41) is 6.14. The summed E-state index contributed by atoms with van der Waals surface area (Å²) < 4.78 is 0. The minimum atomic E-state index is -0.164. The lowest BCUT2D eigenvalue weighted by Gasteiger charge is -2.26. The summed E-state index contributed by atoms with van der Waals surface area (Å²) in [7, 11) is 0. The summed E-state index contributed by atoms with van der Waals surface area (Å²) in [4.78, 5) is 28.1. The molecule has 2 rings (SSSR count). The second-order valence-electron chi connectivity index (χ2n) is 4.71. The van der Waals surface area contributed by atoms with E-state index in [1.807, 2.05) is 0 Å². The summed E-state index contributed by atoms with van der Waals surface area (Å²) in [6.45, 7) is 7.01. The van der Waals surface area contributed by atoms with Crippen molar-refractivity contribution in [2.24, 2.45) is 0 Å². The molecule has 1 aliphatic rings. The van der Waals surface area contributed by atoms with Crippen LogP contribution in [0.4, 0.5) is 0 Å². The smallest absolute Gasteiger partial charge is 0.267 e. The Kier molecular flexibility index (Phi) is 4.70. The standard InChI is InChI=1S/C13H20N4O2/c1-10(18)11-8-12(16-9-11)13(19)15-4-7-17-5-2-14-3-6-17/h8-9,14,16H,2-7H2,1H3,(H,15,19). The average molecular weight is 264 g/mol. The highest BCUT2D eigenvalue weighted by Crippen LogP contribution is 2.04. The van der Waals surface area contributed by atoms with E-state index in [1.54, 1.807) is 12.3 Å². The van der Waals surface area contributed by atoms with Gasteiger partial charge < -0.3 is 15.6 Å². The number of hydrogen-bond acceptors (Lipinski definition) is 4. The molecule has 3 N–H and O–H groups in total. The summed E-state index contributed by atoms with van der Waals surface area (Å²) in [6, 6.07) is 1.59. The van der Waals surface area contributed by atoms with Gasteiger partial charge in [-0.25, -0.2) is 0 Å². The van der Waals surface area contributed by atoms with Gasteiger partial charge in [0.1, 0.15) is 5.69 Å². The minimum absolute atomic E-state index is 0.0453. The van der Waals surface area contributed by atoms with Gasteiger partial charge in [-0.15, -0.1) is 0 Å². The van der Waals surface area contributed by atoms with E-state index in [0.717, 1.165) is 32.7 Å². The van der Waals surface area contributed by atoms with Gasteiger partial charge in [-0.1, -0.05) is 0 Å². The number of amides is 1. The van der Waals surface area contributed by atoms with Crippen molar-refractivity contribution >= 4 is 11.7 Å². The molecule has 1 fully saturated rings. The number of aromatic nitrogens is 1. The maximum Gasteiger partial charge on any atom is 0.267 e. The fourth-order valence-electron chi connectivity index (χ4n) is 2.09. The zero-order valence-corrected chi connectivity index (χ0v) is 11.2. The number of piperazine rings is 1. The monoisotopic (exact) mass is 264 g/mol. The SMILES string of the molecule is CC(=O)c1c[nH]c(C(=O)NCCN2CCNCC2)c1. The molecule has 1 aromatic heterocycles. The van der Waals surface area contributed by atoms with Crippen molar-refractivity contribution in [3.63, 3.8) is 0 Å². The van der Waals surface area contributed by atoms with E-state index < -0.39 is 0 Å². The second-order valence-corrected chi connectivity index (χ2v) is 4.71. The van der Waals surface area contributed by atoms with Crippen LogP contribution in [-0.2, 0) is 0 Å². The molecule has 6 nitrogen and oxygen atoms in total. The molecule has 1 amide bonds. The summed E-state index contributed by atoms with van der Waals surface area (Å²) in [5.74, 6) is -0.209. The molecule has 0 unspecified atom stereocenters. The van der Waals surface area contributed by atoms with Crippen molar-refractivity contribution in [1.82, 2.24) is 20.5 Å². The third-order valence-electron chi connectivity index (χ3n) is 3.26. The van der Waals surface area contributed by atoms with Gasteiger partial charge in [0.2, 0.25) is 0 Å². The molecule has 0 radical (unpaired) electrons. The molecular weight excluding hydrogens is 244 g/mol. The maximum absolute atomic E-state index is 11.8. The molecular formula is C13H20N4O2. The highest BCUT2D eigenvalue weighted by molar-refractivity contribution is 5.99. The van der Waals surface area contributed by atoms with Gasteiger partial charge in [-0.2, -0.15) is 0 Å². The Bertz CT molecular complexity index is 449. The molecule has 2 heterocycles. The van der Waals surface area contributed by atoms with E-state index in [1.165, 1.54) is 6.92 Å². The first-order valence-corrected chi connectivity index (χ1v) is 6.57. The summed E-state index contributed by atoms with van der Waals surface area (Å²) in [5.41, 5.74) is 0.970. The molecule has 0 bridgehead atoms. The van der Waals surface area contributed by atoms with Gasteiger partial charge in [0.15, 0.2) is 5.78 Å². The number of ketones is 1. The van der Waals surface area contributed by atoms with E-state index in [9.17, 15) is 9.59 Å². The molecule has 1 aromatic rings. The lowest BCUT2D eigenvalue weighted by Crippen LogP contribution is -2.46. The van der Waals surface area contributed by atoms with Crippen LogP contribution in [0.25, 0.3) is 0 Å². The highest BCUT2D eigenvalue weighted by Gasteiger charge is 2.12. The summed E-state index contributed by atoms with van der Waals surface area (Å²) in [6.07, 6.45) is 1.56. The Morgan fingerprint density at radius 3 is 2.74 bits per heavy atom. The first kappa shape index (κ1) is 13.8. The third kappa shape index (κ3) is 3.90. The lowest BCUT2D eigenvalue weighted by atomic mass is 10.2. The Morgan fingerprint density at radius 1 is 1.37 bits per heavy atom. The number of carbonyl (C=O) groups is 2. The summed E-state index contributed by atoms with van der Waals surface area (Å²) >= 11 is 0. The predicted octanol–water partition coefficient (Wildman–Crippen LogP) is -0.148. The average Bonchev–Trinajstić information content (AvgIpc) is 2.89. The van der Waals surface area contributed by atoms with Crippen LogP contribution in [0, 0.1) is 0 Å². The van der Waals surface area contributed by atoms with E-state index in [4.69, 9.17) is 0 Å². The van der Waals surface area contributed by atoms with Crippen LogP contribution in [0.5, 0.6) is 0 Å². The third-order valence-corrected chi connectivity index (χ3v) is 3.26. The van der Waals surface area contributed by atoms with E-state index in [2.05, 4.69) is 20.5 Å². The van der Waals surface area contributed by atoms with E-state index in [-0.39, 0.29) is 11.7 Å². The molecule has 6 heteroatoms. The zero-order chi connectivity index (χ0) is 13.7. The normalized spacial score (nSPS) is 16.3. The number of nitrogens with zero attached hydrogens (tertiary/aromatic N) is 1. The number of H-pyrrole nitrogens is 1. The molecule has 0 saturated carbocycles. The molecule has 0 aliphatic carbocycles. The highest BCUT2D eigenvalue weighted by atomic mass is 16.2. The minimum Gasteiger partial charge on any atom is -0.356 e. The Hall–Kier alpha value is -1.66. The zero-order valence-electron chi connectivity index (χ0n) is 11.2. The van der Waals surface area contributed by atoms with Crippen molar-refractivity contribution in [3.8, 4) is 0 Å². The fourth-order valence-corrected chi connectivity index (χ4v) is 2.09. The van der Waals surface area contributed by atoms with Crippen LogP contribution in [-0.4, -0.2) is 60.8 Å². The van der Waals surface area contributed by atoms with Crippen LogP contribution in [0.3, 0.4) is 0 Å². The maximum atomic E-state index is 11.8. The Morgan fingerprint density at radius 2 is 2.11 bits per heavy atom. The van der Waals surface area contributed by atoms with Crippen LogP contribution < -0.4 is 10.6 Å². The van der Waals surface area contributed by atoms with Crippen LogP contribution >= 0.6 is 0 Å². The number of carbonyl (C=O) groups excluding carboxylic acids is 2. The number of hydrogen-bond donors (Lipinski definition) is 3. The predicted molar refractivity (Wildman–Crippen MR) is 72.4 cm³/mol. The van der Waals surface area contributed by atoms with Gasteiger partial charge in [-0.05, 0) is 13.0 Å². The van der Waals surface area contributed by atoms with Crippen LogP contribution in [0.2, 0.25) is 0 Å². The molecule has 1 saturated heterocycles. The van der Waals surface area contributed by atoms with E-state index in [0.29, 0.717) is 17.8 Å². The van der Waals surface area contributed by atoms with E-state index >= 15 is 0 Å². The fraction of sp³-hybridized carbons (Fsp3) is 0.538. The molecule has 0 aromatic carbocycles. The lowest BCUT2D eigenvalue weighted by molar-refractivity contribution is 0.0942.